The van der Waals surface area contributed by atoms with Crippen LogP contribution in [0.15, 0.2) is 71.1 Å². The molecule has 0 N–H and O–H groups in total. The molecule has 2 aromatic heterocycles. The molecule has 6 heteroatoms. The number of carbonyl (C=O) groups is 1. The molecule has 0 aliphatic carbocycles. The van der Waals surface area contributed by atoms with E-state index in [1.54, 1.807) is 6.92 Å². The molecule has 0 saturated heterocycles. The Hall–Kier alpha value is -3.25. The molecule has 0 aliphatic heterocycles. The maximum Gasteiger partial charge on any atom is 0.329 e. The van der Waals surface area contributed by atoms with Crippen molar-refractivity contribution in [2.45, 2.75) is 39.3 Å². The second-order valence-corrected chi connectivity index (χ2v) is 8.69. The average Bonchev–Trinajstić information content (AvgIpc) is 3.23. The van der Waals surface area contributed by atoms with Crippen LogP contribution < -0.4 is 5.56 Å². The topological polar surface area (TPSA) is 61.2 Å². The molecule has 1 unspecified atom stereocenters. The van der Waals surface area contributed by atoms with E-state index in [-0.39, 0.29) is 12.2 Å². The van der Waals surface area contributed by atoms with E-state index < -0.39 is 12.0 Å². The van der Waals surface area contributed by atoms with Gasteiger partial charge in [0, 0.05) is 10.9 Å². The highest BCUT2D eigenvalue weighted by Gasteiger charge is 2.21. The summed E-state index contributed by atoms with van der Waals surface area (Å²) in [5, 5.41) is 2.49. The van der Waals surface area contributed by atoms with Gasteiger partial charge in [0.1, 0.15) is 17.5 Å². The molecule has 0 aliphatic rings. The standard InChI is InChI=1S/C25H24N2O3S/c1-16(2)19-9-11-20(12-10-19)21-14-31-23-22(21)24(28)27(15-26-23)17(3)25(29)30-13-18-7-5-4-6-8-18/h4-12,14-17H,13H2,1-3H3. The average molecular weight is 433 g/mol. The van der Waals surface area contributed by atoms with Crippen molar-refractivity contribution in [3.8, 4) is 11.1 Å². The number of ether oxygens (including phenoxy) is 1. The summed E-state index contributed by atoms with van der Waals surface area (Å²) in [5.41, 5.74) is 3.71. The SMILES string of the molecule is CC(C)c1ccc(-c2csc3ncn(C(C)C(=O)OCc4ccccc4)c(=O)c23)cc1. The van der Waals surface area contributed by atoms with Crippen molar-refractivity contribution in [3.05, 3.63) is 87.8 Å². The predicted molar refractivity (Wildman–Crippen MR) is 124 cm³/mol. The van der Waals surface area contributed by atoms with Crippen LogP contribution in [0.25, 0.3) is 21.3 Å². The Morgan fingerprint density at radius 2 is 1.77 bits per heavy atom. The first kappa shape index (κ1) is 21.0. The number of esters is 1. The zero-order valence-corrected chi connectivity index (χ0v) is 18.6. The minimum Gasteiger partial charge on any atom is -0.459 e. The third kappa shape index (κ3) is 4.30. The quantitative estimate of drug-likeness (QED) is 0.375. The Balaban J connectivity index is 1.63. The fourth-order valence-corrected chi connectivity index (χ4v) is 4.35. The number of carbonyl (C=O) groups excluding carboxylic acids is 1. The predicted octanol–water partition coefficient (Wildman–Crippen LogP) is 5.55. The maximum atomic E-state index is 13.3. The van der Waals surface area contributed by atoms with Crippen LogP contribution in [-0.2, 0) is 16.1 Å². The van der Waals surface area contributed by atoms with Crippen molar-refractivity contribution in [1.82, 2.24) is 9.55 Å². The van der Waals surface area contributed by atoms with Crippen LogP contribution in [0.2, 0.25) is 0 Å². The first-order chi connectivity index (χ1) is 15.0. The summed E-state index contributed by atoms with van der Waals surface area (Å²) in [6, 6.07) is 16.9. The number of nitrogens with zero attached hydrogens (tertiary/aromatic N) is 2. The third-order valence-corrected chi connectivity index (χ3v) is 6.28. The molecule has 0 spiro atoms. The number of thiophene rings is 1. The summed E-state index contributed by atoms with van der Waals surface area (Å²) >= 11 is 1.43. The molecule has 0 saturated carbocycles. The summed E-state index contributed by atoms with van der Waals surface area (Å²) in [5.74, 6) is -0.0277. The Morgan fingerprint density at radius 1 is 1.06 bits per heavy atom. The zero-order valence-electron chi connectivity index (χ0n) is 17.7. The molecular formula is C25H24N2O3S. The van der Waals surface area contributed by atoms with E-state index in [4.69, 9.17) is 4.74 Å². The van der Waals surface area contributed by atoms with Gasteiger partial charge in [-0.3, -0.25) is 9.36 Å². The Labute approximate surface area is 185 Å². The minimum absolute atomic E-state index is 0.167. The fourth-order valence-electron chi connectivity index (χ4n) is 3.44. The molecule has 2 heterocycles. The molecule has 5 nitrogen and oxygen atoms in total. The second kappa shape index (κ2) is 8.86. The maximum absolute atomic E-state index is 13.3. The lowest BCUT2D eigenvalue weighted by atomic mass is 9.99. The van der Waals surface area contributed by atoms with E-state index in [1.807, 2.05) is 47.8 Å². The van der Waals surface area contributed by atoms with Crippen LogP contribution >= 0.6 is 11.3 Å². The third-order valence-electron chi connectivity index (χ3n) is 5.39. The smallest absolute Gasteiger partial charge is 0.329 e. The van der Waals surface area contributed by atoms with Crippen LogP contribution in [0.3, 0.4) is 0 Å². The van der Waals surface area contributed by atoms with Crippen LogP contribution in [-0.4, -0.2) is 15.5 Å². The van der Waals surface area contributed by atoms with Crippen LogP contribution in [0.5, 0.6) is 0 Å². The van der Waals surface area contributed by atoms with E-state index in [9.17, 15) is 9.59 Å². The number of hydrogen-bond acceptors (Lipinski definition) is 5. The fraction of sp³-hybridized carbons (Fsp3) is 0.240. The molecule has 0 radical (unpaired) electrons. The molecule has 31 heavy (non-hydrogen) atoms. The number of hydrogen-bond donors (Lipinski definition) is 0. The molecular weight excluding hydrogens is 408 g/mol. The lowest BCUT2D eigenvalue weighted by Gasteiger charge is -2.14. The van der Waals surface area contributed by atoms with Gasteiger partial charge < -0.3 is 4.74 Å². The summed E-state index contributed by atoms with van der Waals surface area (Å²) in [6.07, 6.45) is 1.43. The molecule has 4 rings (SSSR count). The van der Waals surface area contributed by atoms with Crippen molar-refractivity contribution in [2.75, 3.05) is 0 Å². The molecule has 2 aromatic carbocycles. The van der Waals surface area contributed by atoms with Gasteiger partial charge in [-0.15, -0.1) is 11.3 Å². The second-order valence-electron chi connectivity index (χ2n) is 7.83. The lowest BCUT2D eigenvalue weighted by Crippen LogP contribution is -2.29. The molecule has 0 bridgehead atoms. The number of rotatable bonds is 6. The van der Waals surface area contributed by atoms with Crippen molar-refractivity contribution in [3.63, 3.8) is 0 Å². The van der Waals surface area contributed by atoms with Gasteiger partial charge in [-0.1, -0.05) is 68.4 Å². The number of aromatic nitrogens is 2. The lowest BCUT2D eigenvalue weighted by molar-refractivity contribution is -0.148. The van der Waals surface area contributed by atoms with Crippen molar-refractivity contribution < 1.29 is 9.53 Å². The van der Waals surface area contributed by atoms with Gasteiger partial charge in [-0.05, 0) is 29.5 Å². The summed E-state index contributed by atoms with van der Waals surface area (Å²) in [6.45, 7) is 6.12. The van der Waals surface area contributed by atoms with E-state index in [1.165, 1.54) is 27.8 Å². The first-order valence-corrected chi connectivity index (χ1v) is 11.1. The van der Waals surface area contributed by atoms with Crippen molar-refractivity contribution in [2.24, 2.45) is 0 Å². The minimum atomic E-state index is -0.774. The van der Waals surface area contributed by atoms with E-state index in [2.05, 4.69) is 31.0 Å². The van der Waals surface area contributed by atoms with E-state index in [0.29, 0.717) is 16.1 Å². The molecule has 4 aromatic rings. The highest BCUT2D eigenvalue weighted by molar-refractivity contribution is 7.17. The van der Waals surface area contributed by atoms with E-state index in [0.717, 1.165) is 16.7 Å². The molecule has 1 atom stereocenters. The summed E-state index contributed by atoms with van der Waals surface area (Å²) < 4.78 is 6.77. The van der Waals surface area contributed by atoms with Crippen LogP contribution in [0.4, 0.5) is 0 Å². The molecule has 0 amide bonds. The summed E-state index contributed by atoms with van der Waals surface area (Å²) in [7, 11) is 0. The van der Waals surface area contributed by atoms with Crippen LogP contribution in [0.1, 0.15) is 43.9 Å². The Kier molecular flexibility index (Phi) is 6.00. The van der Waals surface area contributed by atoms with Gasteiger partial charge in [0.25, 0.3) is 5.56 Å². The van der Waals surface area contributed by atoms with E-state index >= 15 is 0 Å². The van der Waals surface area contributed by atoms with Gasteiger partial charge in [0.15, 0.2) is 0 Å². The van der Waals surface area contributed by atoms with Gasteiger partial charge >= 0.3 is 5.97 Å². The van der Waals surface area contributed by atoms with Gasteiger partial charge in [-0.25, -0.2) is 9.78 Å². The summed E-state index contributed by atoms with van der Waals surface area (Å²) in [4.78, 5) is 31.0. The molecule has 158 valence electrons. The zero-order chi connectivity index (χ0) is 22.0. The van der Waals surface area contributed by atoms with Gasteiger partial charge in [0.05, 0.1) is 11.7 Å². The highest BCUT2D eigenvalue weighted by atomic mass is 32.1. The largest absolute Gasteiger partial charge is 0.459 e. The number of benzene rings is 2. The Morgan fingerprint density at radius 3 is 2.45 bits per heavy atom. The first-order valence-electron chi connectivity index (χ1n) is 10.2. The van der Waals surface area contributed by atoms with Gasteiger partial charge in [0.2, 0.25) is 0 Å². The van der Waals surface area contributed by atoms with Crippen molar-refractivity contribution >= 4 is 27.5 Å². The Bertz CT molecular complexity index is 1260. The molecule has 0 fully saturated rings. The monoisotopic (exact) mass is 432 g/mol. The highest BCUT2D eigenvalue weighted by Crippen LogP contribution is 2.31. The van der Waals surface area contributed by atoms with Crippen molar-refractivity contribution in [1.29, 1.82) is 0 Å². The van der Waals surface area contributed by atoms with Crippen LogP contribution in [0, 0.1) is 0 Å². The normalized spacial score (nSPS) is 12.3. The number of fused-ring (bicyclic) bond motifs is 1. The van der Waals surface area contributed by atoms with Gasteiger partial charge in [-0.2, -0.15) is 0 Å².